The number of nitrogens with zero attached hydrogens (tertiary/aromatic N) is 3. The first-order chi connectivity index (χ1) is 15.7. The summed E-state index contributed by atoms with van der Waals surface area (Å²) in [5, 5.41) is 15.3. The van der Waals surface area contributed by atoms with E-state index < -0.39 is 6.10 Å². The molecule has 0 saturated heterocycles. The SMILES string of the molecule is C#CCOC[C@H](O)CN(Cc1c(-c2ccccc2)nn(C)c1Oc1ccccc1)C1CC1. The van der Waals surface area contributed by atoms with Crippen LogP contribution in [0.1, 0.15) is 18.4 Å². The molecule has 0 amide bonds. The molecule has 1 aliphatic carbocycles. The molecule has 1 atom stereocenters. The zero-order valence-electron chi connectivity index (χ0n) is 18.4. The Morgan fingerprint density at radius 1 is 1.16 bits per heavy atom. The first-order valence-electron chi connectivity index (χ1n) is 10.9. The summed E-state index contributed by atoms with van der Waals surface area (Å²) in [7, 11) is 1.90. The number of aliphatic hydroxyl groups is 1. The number of ether oxygens (including phenoxy) is 2. The van der Waals surface area contributed by atoms with Gasteiger partial charge in [0.05, 0.1) is 18.3 Å². The van der Waals surface area contributed by atoms with Crippen LogP contribution in [0.3, 0.4) is 0 Å². The Balaban J connectivity index is 1.63. The highest BCUT2D eigenvalue weighted by atomic mass is 16.5. The van der Waals surface area contributed by atoms with Crippen LogP contribution in [-0.2, 0) is 18.3 Å². The molecule has 2 aromatic carbocycles. The molecule has 0 spiro atoms. The van der Waals surface area contributed by atoms with E-state index in [1.807, 2.05) is 55.6 Å². The van der Waals surface area contributed by atoms with Gasteiger partial charge in [-0.1, -0.05) is 54.5 Å². The van der Waals surface area contributed by atoms with Crippen LogP contribution >= 0.6 is 0 Å². The fourth-order valence-electron chi connectivity index (χ4n) is 3.81. The third-order valence-corrected chi connectivity index (χ3v) is 5.46. The van der Waals surface area contributed by atoms with E-state index in [0.717, 1.165) is 35.4 Å². The Morgan fingerprint density at radius 3 is 2.50 bits per heavy atom. The maximum Gasteiger partial charge on any atom is 0.222 e. The van der Waals surface area contributed by atoms with Crippen LogP contribution < -0.4 is 4.74 Å². The quantitative estimate of drug-likeness (QED) is 0.369. The van der Waals surface area contributed by atoms with Gasteiger partial charge in [-0.25, -0.2) is 4.68 Å². The van der Waals surface area contributed by atoms with Crippen LogP contribution in [-0.4, -0.2) is 51.7 Å². The molecule has 1 saturated carbocycles. The summed E-state index contributed by atoms with van der Waals surface area (Å²) >= 11 is 0. The zero-order valence-corrected chi connectivity index (χ0v) is 18.4. The summed E-state index contributed by atoms with van der Waals surface area (Å²) in [4.78, 5) is 2.30. The van der Waals surface area contributed by atoms with E-state index in [9.17, 15) is 5.11 Å². The van der Waals surface area contributed by atoms with Gasteiger partial charge in [-0.15, -0.1) is 6.42 Å². The monoisotopic (exact) mass is 431 g/mol. The lowest BCUT2D eigenvalue weighted by molar-refractivity contribution is 0.0241. The zero-order chi connectivity index (χ0) is 22.3. The van der Waals surface area contributed by atoms with E-state index in [0.29, 0.717) is 25.0 Å². The Bertz CT molecular complexity index is 1040. The summed E-state index contributed by atoms with van der Waals surface area (Å²) in [6.45, 7) is 1.55. The maximum absolute atomic E-state index is 10.5. The summed E-state index contributed by atoms with van der Waals surface area (Å²) in [6.07, 6.45) is 6.87. The molecule has 6 nitrogen and oxygen atoms in total. The number of aliphatic hydroxyl groups excluding tert-OH is 1. The number of hydrogen-bond donors (Lipinski definition) is 1. The molecule has 1 fully saturated rings. The van der Waals surface area contributed by atoms with Crippen molar-refractivity contribution in [2.75, 3.05) is 19.8 Å². The molecule has 1 heterocycles. The number of hydrogen-bond acceptors (Lipinski definition) is 5. The van der Waals surface area contributed by atoms with Crippen molar-refractivity contribution < 1.29 is 14.6 Å². The first kappa shape index (κ1) is 22.1. The molecular weight excluding hydrogens is 402 g/mol. The van der Waals surface area contributed by atoms with Gasteiger partial charge in [0.2, 0.25) is 5.88 Å². The van der Waals surface area contributed by atoms with Crippen LogP contribution in [0.4, 0.5) is 0 Å². The lowest BCUT2D eigenvalue weighted by atomic mass is 10.1. The highest BCUT2D eigenvalue weighted by molar-refractivity contribution is 5.65. The van der Waals surface area contributed by atoms with Gasteiger partial charge in [-0.3, -0.25) is 4.90 Å². The van der Waals surface area contributed by atoms with E-state index in [1.54, 1.807) is 4.68 Å². The van der Waals surface area contributed by atoms with Gasteiger partial charge in [-0.05, 0) is 25.0 Å². The minimum absolute atomic E-state index is 0.205. The second-order valence-electron chi connectivity index (χ2n) is 8.07. The standard InChI is InChI=1S/C26H29N3O3/c1-3-16-31-19-22(30)17-29(21-14-15-21)18-24-25(20-10-6-4-7-11-20)27-28(2)26(24)32-23-12-8-5-9-13-23/h1,4-13,21-22,30H,14-19H2,2H3/t22-/m1/s1. The highest BCUT2D eigenvalue weighted by Crippen LogP contribution is 2.37. The van der Waals surface area contributed by atoms with Gasteiger partial charge in [0.25, 0.3) is 0 Å². The minimum Gasteiger partial charge on any atom is -0.439 e. The van der Waals surface area contributed by atoms with Crippen LogP contribution in [0.25, 0.3) is 11.3 Å². The third kappa shape index (κ3) is 5.57. The fraction of sp³-hybridized carbons (Fsp3) is 0.346. The third-order valence-electron chi connectivity index (χ3n) is 5.46. The highest BCUT2D eigenvalue weighted by Gasteiger charge is 2.33. The minimum atomic E-state index is -0.612. The van der Waals surface area contributed by atoms with Gasteiger partial charge < -0.3 is 14.6 Å². The number of terminal acetylenes is 1. The molecule has 0 radical (unpaired) electrons. The van der Waals surface area contributed by atoms with E-state index in [2.05, 4.69) is 23.0 Å². The number of benzene rings is 2. The normalized spacial score (nSPS) is 14.3. The van der Waals surface area contributed by atoms with Crippen molar-refractivity contribution in [1.29, 1.82) is 0 Å². The van der Waals surface area contributed by atoms with Crippen molar-refractivity contribution in [2.45, 2.75) is 31.5 Å². The summed E-state index contributed by atoms with van der Waals surface area (Å²) in [6, 6.07) is 20.3. The van der Waals surface area contributed by atoms with E-state index >= 15 is 0 Å². The predicted octanol–water partition coefficient (Wildman–Crippen LogP) is 3.85. The van der Waals surface area contributed by atoms with Crippen molar-refractivity contribution in [3.05, 3.63) is 66.2 Å². The molecule has 3 aromatic rings. The molecule has 0 aliphatic heterocycles. The largest absolute Gasteiger partial charge is 0.439 e. The number of rotatable bonds is 11. The molecule has 0 bridgehead atoms. The summed E-state index contributed by atoms with van der Waals surface area (Å²) in [5.74, 6) is 3.90. The molecule has 0 unspecified atom stereocenters. The fourth-order valence-corrected chi connectivity index (χ4v) is 3.81. The van der Waals surface area contributed by atoms with Gasteiger partial charge in [-0.2, -0.15) is 5.10 Å². The average molecular weight is 432 g/mol. The van der Waals surface area contributed by atoms with Crippen molar-refractivity contribution in [3.63, 3.8) is 0 Å². The topological polar surface area (TPSA) is 59.8 Å². The predicted molar refractivity (Wildman–Crippen MR) is 124 cm³/mol. The molecule has 166 valence electrons. The van der Waals surface area contributed by atoms with Crippen molar-refractivity contribution in [2.24, 2.45) is 7.05 Å². The molecule has 6 heteroatoms. The van der Waals surface area contributed by atoms with Crippen LogP contribution in [0, 0.1) is 12.3 Å². The van der Waals surface area contributed by atoms with E-state index in [-0.39, 0.29) is 13.2 Å². The lowest BCUT2D eigenvalue weighted by Gasteiger charge is -2.25. The van der Waals surface area contributed by atoms with E-state index in [1.165, 1.54) is 0 Å². The Hall–Kier alpha value is -3.11. The molecular formula is C26H29N3O3. The van der Waals surface area contributed by atoms with Crippen LogP contribution in [0.15, 0.2) is 60.7 Å². The number of para-hydroxylation sites is 1. The number of aromatic nitrogens is 2. The molecule has 1 aromatic heterocycles. The van der Waals surface area contributed by atoms with Crippen LogP contribution in [0.2, 0.25) is 0 Å². The van der Waals surface area contributed by atoms with Gasteiger partial charge in [0.15, 0.2) is 0 Å². The Kier molecular flexibility index (Phi) is 7.23. The van der Waals surface area contributed by atoms with E-state index in [4.69, 9.17) is 21.0 Å². The van der Waals surface area contributed by atoms with Crippen molar-refractivity contribution >= 4 is 0 Å². The van der Waals surface area contributed by atoms with Gasteiger partial charge in [0, 0.05) is 31.7 Å². The maximum atomic E-state index is 10.5. The van der Waals surface area contributed by atoms with Crippen LogP contribution in [0.5, 0.6) is 11.6 Å². The van der Waals surface area contributed by atoms with Gasteiger partial charge in [0.1, 0.15) is 18.1 Å². The van der Waals surface area contributed by atoms with Crippen molar-refractivity contribution in [1.82, 2.24) is 14.7 Å². The Morgan fingerprint density at radius 2 is 1.84 bits per heavy atom. The second kappa shape index (κ2) is 10.5. The first-order valence-corrected chi connectivity index (χ1v) is 10.9. The lowest BCUT2D eigenvalue weighted by Crippen LogP contribution is -2.36. The molecule has 4 rings (SSSR count). The Labute approximate surface area is 189 Å². The van der Waals surface area contributed by atoms with Crippen molar-refractivity contribution in [3.8, 4) is 35.2 Å². The molecule has 1 aliphatic rings. The molecule has 1 N–H and O–H groups in total. The smallest absolute Gasteiger partial charge is 0.222 e. The summed E-state index contributed by atoms with van der Waals surface area (Å²) in [5.41, 5.74) is 2.93. The second-order valence-corrected chi connectivity index (χ2v) is 8.07. The molecule has 32 heavy (non-hydrogen) atoms. The summed E-state index contributed by atoms with van der Waals surface area (Å²) < 4.78 is 13.4. The average Bonchev–Trinajstić information content (AvgIpc) is 3.62. The van der Waals surface area contributed by atoms with Gasteiger partial charge >= 0.3 is 0 Å². The number of aryl methyl sites for hydroxylation is 1.